The number of nitrogens with one attached hydrogen (secondary N) is 1. The molecular formula is C16H25ClN2O4. The van der Waals surface area contributed by atoms with Gasteiger partial charge in [0.15, 0.2) is 0 Å². The number of rotatable bonds is 6. The van der Waals surface area contributed by atoms with Crippen molar-refractivity contribution in [2.75, 3.05) is 41.0 Å². The molecule has 1 aromatic rings. The lowest BCUT2D eigenvalue weighted by Gasteiger charge is -2.26. The van der Waals surface area contributed by atoms with E-state index in [1.54, 1.807) is 26.2 Å². The highest BCUT2D eigenvalue weighted by molar-refractivity contribution is 5.85. The fourth-order valence-electron chi connectivity index (χ4n) is 2.44. The van der Waals surface area contributed by atoms with Crippen LogP contribution in [0.2, 0.25) is 0 Å². The van der Waals surface area contributed by atoms with E-state index in [0.717, 1.165) is 23.6 Å². The zero-order chi connectivity index (χ0) is 15.9. The molecule has 1 amide bonds. The molecule has 23 heavy (non-hydrogen) atoms. The van der Waals surface area contributed by atoms with E-state index in [0.29, 0.717) is 26.2 Å². The van der Waals surface area contributed by atoms with Gasteiger partial charge in [-0.15, -0.1) is 12.4 Å². The fourth-order valence-corrected chi connectivity index (χ4v) is 2.44. The molecule has 0 spiro atoms. The quantitative estimate of drug-likeness (QED) is 0.846. The average Bonchev–Trinajstić information content (AvgIpc) is 2.56. The molecule has 1 fully saturated rings. The Labute approximate surface area is 143 Å². The highest BCUT2D eigenvalue weighted by Gasteiger charge is 2.20. The van der Waals surface area contributed by atoms with Gasteiger partial charge in [-0.3, -0.25) is 4.79 Å². The second-order valence-corrected chi connectivity index (χ2v) is 5.36. The largest absolute Gasteiger partial charge is 0.497 e. The number of methoxy groups -OCH3 is 2. The third-order valence-corrected chi connectivity index (χ3v) is 3.75. The number of halogens is 1. The van der Waals surface area contributed by atoms with Crippen molar-refractivity contribution in [3.63, 3.8) is 0 Å². The van der Waals surface area contributed by atoms with Crippen molar-refractivity contribution in [3.05, 3.63) is 23.8 Å². The van der Waals surface area contributed by atoms with Crippen LogP contribution >= 0.6 is 12.4 Å². The summed E-state index contributed by atoms with van der Waals surface area (Å²) < 4.78 is 15.9. The van der Waals surface area contributed by atoms with E-state index in [9.17, 15) is 4.79 Å². The highest BCUT2D eigenvalue weighted by Crippen LogP contribution is 2.25. The predicted molar refractivity (Wildman–Crippen MR) is 90.5 cm³/mol. The Kier molecular flexibility index (Phi) is 8.16. The van der Waals surface area contributed by atoms with Crippen LogP contribution in [0, 0.1) is 0 Å². The summed E-state index contributed by atoms with van der Waals surface area (Å²) in [7, 11) is 5.03. The van der Waals surface area contributed by atoms with Gasteiger partial charge in [-0.2, -0.15) is 0 Å². The van der Waals surface area contributed by atoms with Gasteiger partial charge in [-0.1, -0.05) is 0 Å². The third kappa shape index (κ3) is 5.57. The average molecular weight is 345 g/mol. The minimum Gasteiger partial charge on any atom is -0.497 e. The van der Waals surface area contributed by atoms with Gasteiger partial charge in [0.1, 0.15) is 11.5 Å². The Morgan fingerprint density at radius 2 is 2.17 bits per heavy atom. The predicted octanol–water partition coefficient (Wildman–Crippen LogP) is 1.46. The molecule has 1 atom stereocenters. The molecule has 1 aliphatic heterocycles. The van der Waals surface area contributed by atoms with Crippen molar-refractivity contribution in [1.29, 1.82) is 0 Å². The number of hydrogen-bond donors (Lipinski definition) is 1. The second kappa shape index (κ2) is 9.60. The van der Waals surface area contributed by atoms with Crippen LogP contribution in [0.3, 0.4) is 0 Å². The monoisotopic (exact) mass is 344 g/mol. The van der Waals surface area contributed by atoms with Crippen molar-refractivity contribution in [1.82, 2.24) is 10.2 Å². The number of benzene rings is 1. The first kappa shape index (κ1) is 19.5. The minimum atomic E-state index is 0. The first-order valence-electron chi connectivity index (χ1n) is 7.40. The van der Waals surface area contributed by atoms with Crippen molar-refractivity contribution in [2.45, 2.75) is 19.0 Å². The summed E-state index contributed by atoms with van der Waals surface area (Å²) in [5.41, 5.74) is 0.951. The number of ether oxygens (including phenoxy) is 3. The van der Waals surface area contributed by atoms with Crippen LogP contribution in [-0.4, -0.2) is 57.9 Å². The molecule has 1 N–H and O–H groups in total. The maximum Gasteiger partial charge on any atom is 0.224 e. The van der Waals surface area contributed by atoms with Gasteiger partial charge in [0.05, 0.1) is 27.4 Å². The summed E-state index contributed by atoms with van der Waals surface area (Å²) in [6, 6.07) is 5.71. The minimum absolute atomic E-state index is 0. The van der Waals surface area contributed by atoms with Gasteiger partial charge in [-0.05, 0) is 12.1 Å². The number of carbonyl (C=O) groups is 1. The van der Waals surface area contributed by atoms with Crippen LogP contribution in [0.4, 0.5) is 0 Å². The highest BCUT2D eigenvalue weighted by atomic mass is 35.5. The van der Waals surface area contributed by atoms with E-state index in [2.05, 4.69) is 5.32 Å². The Morgan fingerprint density at radius 3 is 2.78 bits per heavy atom. The van der Waals surface area contributed by atoms with Crippen molar-refractivity contribution in [3.8, 4) is 11.5 Å². The van der Waals surface area contributed by atoms with Gasteiger partial charge in [0.25, 0.3) is 0 Å². The van der Waals surface area contributed by atoms with Gasteiger partial charge >= 0.3 is 0 Å². The Bertz CT molecular complexity index is 507. The fraction of sp³-hybridized carbons (Fsp3) is 0.562. The van der Waals surface area contributed by atoms with Gasteiger partial charge in [-0.25, -0.2) is 0 Å². The summed E-state index contributed by atoms with van der Waals surface area (Å²) in [5, 5.41) is 3.29. The first-order chi connectivity index (χ1) is 10.6. The van der Waals surface area contributed by atoms with Crippen molar-refractivity contribution in [2.24, 2.45) is 0 Å². The number of nitrogens with zero attached hydrogens (tertiary/aromatic N) is 1. The van der Waals surface area contributed by atoms with Crippen LogP contribution in [-0.2, 0) is 16.1 Å². The Morgan fingerprint density at radius 1 is 1.39 bits per heavy atom. The van der Waals surface area contributed by atoms with E-state index >= 15 is 0 Å². The molecule has 1 saturated heterocycles. The van der Waals surface area contributed by atoms with Gasteiger partial charge in [0.2, 0.25) is 5.91 Å². The standard InChI is InChI=1S/C16H24N2O4.ClH/c1-18(16(19)8-13-11-22-7-6-17-13)10-12-4-5-14(20-2)9-15(12)21-3;/h4-5,9,13,17H,6-8,10-11H2,1-3H3;1H. The third-order valence-electron chi connectivity index (χ3n) is 3.75. The van der Waals surface area contributed by atoms with Crippen LogP contribution in [0.25, 0.3) is 0 Å². The normalized spacial score (nSPS) is 17.1. The summed E-state index contributed by atoms with van der Waals surface area (Å²) in [5.74, 6) is 1.54. The molecule has 0 saturated carbocycles. The number of carbonyl (C=O) groups excluding carboxylic acids is 1. The molecule has 0 radical (unpaired) electrons. The zero-order valence-corrected chi connectivity index (χ0v) is 14.6. The maximum atomic E-state index is 12.3. The number of hydrogen-bond acceptors (Lipinski definition) is 5. The van der Waals surface area contributed by atoms with E-state index in [-0.39, 0.29) is 24.4 Å². The molecular weight excluding hydrogens is 320 g/mol. The Balaban J connectivity index is 0.00000264. The lowest BCUT2D eigenvalue weighted by molar-refractivity contribution is -0.131. The van der Waals surface area contributed by atoms with Gasteiger partial charge in [0, 0.05) is 44.2 Å². The number of amides is 1. The topological polar surface area (TPSA) is 60.0 Å². The van der Waals surface area contributed by atoms with Crippen LogP contribution < -0.4 is 14.8 Å². The molecule has 0 bridgehead atoms. The summed E-state index contributed by atoms with van der Waals surface area (Å²) in [6.45, 7) is 2.60. The van der Waals surface area contributed by atoms with Crippen LogP contribution in [0.5, 0.6) is 11.5 Å². The smallest absolute Gasteiger partial charge is 0.224 e. The summed E-state index contributed by atoms with van der Waals surface area (Å²) >= 11 is 0. The number of morpholine rings is 1. The van der Waals surface area contributed by atoms with E-state index in [1.807, 2.05) is 18.2 Å². The lowest BCUT2D eigenvalue weighted by atomic mass is 10.1. The molecule has 7 heteroatoms. The maximum absolute atomic E-state index is 12.3. The van der Waals surface area contributed by atoms with E-state index in [4.69, 9.17) is 14.2 Å². The first-order valence-corrected chi connectivity index (χ1v) is 7.40. The summed E-state index contributed by atoms with van der Waals surface area (Å²) in [6.07, 6.45) is 0.439. The Hall–Kier alpha value is -1.50. The molecule has 130 valence electrons. The van der Waals surface area contributed by atoms with Gasteiger partial charge < -0.3 is 24.4 Å². The molecule has 1 unspecified atom stereocenters. The lowest BCUT2D eigenvalue weighted by Crippen LogP contribution is -2.44. The van der Waals surface area contributed by atoms with Crippen LogP contribution in [0.15, 0.2) is 18.2 Å². The molecule has 0 aliphatic carbocycles. The van der Waals surface area contributed by atoms with Crippen molar-refractivity contribution >= 4 is 18.3 Å². The van der Waals surface area contributed by atoms with E-state index in [1.165, 1.54) is 0 Å². The molecule has 1 heterocycles. The molecule has 1 aliphatic rings. The summed E-state index contributed by atoms with van der Waals surface area (Å²) in [4.78, 5) is 14.0. The molecule has 2 rings (SSSR count). The zero-order valence-electron chi connectivity index (χ0n) is 13.8. The molecule has 0 aromatic heterocycles. The van der Waals surface area contributed by atoms with Crippen molar-refractivity contribution < 1.29 is 19.0 Å². The molecule has 6 nitrogen and oxygen atoms in total. The van der Waals surface area contributed by atoms with E-state index < -0.39 is 0 Å². The van der Waals surface area contributed by atoms with Crippen LogP contribution in [0.1, 0.15) is 12.0 Å². The molecule has 1 aromatic carbocycles. The SMILES string of the molecule is COc1ccc(CN(C)C(=O)CC2COCCN2)c(OC)c1.Cl. The second-order valence-electron chi connectivity index (χ2n) is 5.36.